The Morgan fingerprint density at radius 3 is 2.46 bits per heavy atom. The van der Waals surface area contributed by atoms with Gasteiger partial charge in [0, 0.05) is 18.0 Å². The smallest absolute Gasteiger partial charge is 0.229 e. The number of hydrogen-bond acceptors (Lipinski definition) is 4. The first-order valence-corrected chi connectivity index (χ1v) is 7.54. The predicted octanol–water partition coefficient (Wildman–Crippen LogP) is 5.55. The number of halogens is 4. The average Bonchev–Trinajstić information content (AvgIpc) is 2.54. The predicted molar refractivity (Wildman–Crippen MR) is 91.4 cm³/mol. The first-order chi connectivity index (χ1) is 11.5. The van der Waals surface area contributed by atoms with Crippen LogP contribution in [-0.2, 0) is 0 Å². The van der Waals surface area contributed by atoms with Crippen molar-refractivity contribution >= 4 is 46.3 Å². The maximum absolute atomic E-state index is 13.7. The highest BCUT2D eigenvalue weighted by Gasteiger charge is 2.07. The van der Waals surface area contributed by atoms with E-state index in [1.807, 2.05) is 0 Å². The molecule has 2 N–H and O–H groups in total. The lowest BCUT2D eigenvalue weighted by Crippen LogP contribution is -2.02. The first kappa shape index (κ1) is 16.4. The minimum Gasteiger partial charge on any atom is -0.340 e. The van der Waals surface area contributed by atoms with E-state index in [4.69, 9.17) is 23.2 Å². The second kappa shape index (κ2) is 6.98. The summed E-state index contributed by atoms with van der Waals surface area (Å²) in [4.78, 5) is 8.21. The molecule has 0 aliphatic carbocycles. The number of anilines is 4. The van der Waals surface area contributed by atoms with Crippen LogP contribution < -0.4 is 10.6 Å². The molecule has 0 aliphatic rings. The summed E-state index contributed by atoms with van der Waals surface area (Å²) in [7, 11) is 0. The van der Waals surface area contributed by atoms with Crippen molar-refractivity contribution in [3.05, 3.63) is 70.3 Å². The minimum atomic E-state index is -0.735. The second-order valence-electron chi connectivity index (χ2n) is 4.77. The molecule has 0 fully saturated rings. The summed E-state index contributed by atoms with van der Waals surface area (Å²) in [5, 5.41) is 6.58. The zero-order valence-electron chi connectivity index (χ0n) is 12.0. The van der Waals surface area contributed by atoms with Gasteiger partial charge in [-0.3, -0.25) is 0 Å². The molecule has 3 rings (SSSR count). The summed E-state index contributed by atoms with van der Waals surface area (Å²) < 4.78 is 26.6. The maximum Gasteiger partial charge on any atom is 0.229 e. The highest BCUT2D eigenvalue weighted by molar-refractivity contribution is 6.42. The molecular weight excluding hydrogens is 357 g/mol. The van der Waals surface area contributed by atoms with Gasteiger partial charge in [0.1, 0.15) is 17.5 Å². The number of nitrogens with zero attached hydrogens (tertiary/aromatic N) is 2. The largest absolute Gasteiger partial charge is 0.340 e. The van der Waals surface area contributed by atoms with E-state index in [0.29, 0.717) is 21.6 Å². The van der Waals surface area contributed by atoms with Gasteiger partial charge >= 0.3 is 0 Å². The second-order valence-corrected chi connectivity index (χ2v) is 5.58. The quantitative estimate of drug-likeness (QED) is 0.635. The van der Waals surface area contributed by atoms with Crippen molar-refractivity contribution in [2.24, 2.45) is 0 Å². The summed E-state index contributed by atoms with van der Waals surface area (Å²) in [6.45, 7) is 0. The van der Waals surface area contributed by atoms with E-state index in [1.165, 1.54) is 12.3 Å². The number of benzene rings is 2. The molecule has 1 aromatic heterocycles. The zero-order chi connectivity index (χ0) is 17.1. The van der Waals surface area contributed by atoms with Crippen molar-refractivity contribution in [3.8, 4) is 0 Å². The van der Waals surface area contributed by atoms with Crippen LogP contribution in [0.15, 0.2) is 48.7 Å². The molecule has 1 heterocycles. The van der Waals surface area contributed by atoms with E-state index in [2.05, 4.69) is 20.6 Å². The van der Waals surface area contributed by atoms with E-state index in [0.717, 1.165) is 12.1 Å². The molecule has 0 saturated heterocycles. The molecule has 24 heavy (non-hydrogen) atoms. The van der Waals surface area contributed by atoms with Gasteiger partial charge in [0.15, 0.2) is 0 Å². The van der Waals surface area contributed by atoms with Crippen LogP contribution in [0.5, 0.6) is 0 Å². The van der Waals surface area contributed by atoms with Crippen LogP contribution >= 0.6 is 23.2 Å². The zero-order valence-corrected chi connectivity index (χ0v) is 13.5. The lowest BCUT2D eigenvalue weighted by Gasteiger charge is -2.09. The highest BCUT2D eigenvalue weighted by Crippen LogP contribution is 2.27. The SMILES string of the molecule is Fc1ccc(Nc2nccc(Nc3ccc(Cl)c(Cl)c3)n2)c(F)c1. The number of nitrogens with one attached hydrogen (secondary N) is 2. The third-order valence-corrected chi connectivity index (χ3v) is 3.76. The Labute approximate surface area is 146 Å². The lowest BCUT2D eigenvalue weighted by atomic mass is 10.3. The van der Waals surface area contributed by atoms with Crippen molar-refractivity contribution in [2.45, 2.75) is 0 Å². The number of hydrogen-bond donors (Lipinski definition) is 2. The summed E-state index contributed by atoms with van der Waals surface area (Å²) in [5.74, 6) is -0.769. The topological polar surface area (TPSA) is 49.8 Å². The fourth-order valence-electron chi connectivity index (χ4n) is 1.92. The molecule has 0 radical (unpaired) electrons. The number of rotatable bonds is 4. The van der Waals surface area contributed by atoms with Crippen LogP contribution in [-0.4, -0.2) is 9.97 Å². The van der Waals surface area contributed by atoms with Crippen LogP contribution in [0, 0.1) is 11.6 Å². The van der Waals surface area contributed by atoms with Crippen LogP contribution in [0.2, 0.25) is 10.0 Å². The first-order valence-electron chi connectivity index (χ1n) is 6.78. The maximum atomic E-state index is 13.7. The molecule has 0 spiro atoms. The molecule has 4 nitrogen and oxygen atoms in total. The molecule has 8 heteroatoms. The van der Waals surface area contributed by atoms with Gasteiger partial charge in [0.05, 0.1) is 15.7 Å². The van der Waals surface area contributed by atoms with Gasteiger partial charge in [0.2, 0.25) is 5.95 Å². The van der Waals surface area contributed by atoms with E-state index < -0.39 is 11.6 Å². The van der Waals surface area contributed by atoms with E-state index in [-0.39, 0.29) is 11.6 Å². The summed E-state index contributed by atoms with van der Waals surface area (Å²) in [6, 6.07) is 9.87. The van der Waals surface area contributed by atoms with Crippen molar-refractivity contribution in [2.75, 3.05) is 10.6 Å². The van der Waals surface area contributed by atoms with Gasteiger partial charge in [-0.2, -0.15) is 4.98 Å². The van der Waals surface area contributed by atoms with Crippen molar-refractivity contribution < 1.29 is 8.78 Å². The Morgan fingerprint density at radius 2 is 1.71 bits per heavy atom. The molecule has 0 atom stereocenters. The van der Waals surface area contributed by atoms with Crippen molar-refractivity contribution in [3.63, 3.8) is 0 Å². The molecule has 3 aromatic rings. The Kier molecular flexibility index (Phi) is 4.78. The van der Waals surface area contributed by atoms with Crippen molar-refractivity contribution in [1.82, 2.24) is 9.97 Å². The van der Waals surface area contributed by atoms with E-state index in [1.54, 1.807) is 24.3 Å². The van der Waals surface area contributed by atoms with Crippen LogP contribution in [0.25, 0.3) is 0 Å². The molecule has 122 valence electrons. The van der Waals surface area contributed by atoms with Crippen LogP contribution in [0.3, 0.4) is 0 Å². The third kappa shape index (κ3) is 3.90. The van der Waals surface area contributed by atoms with Gasteiger partial charge in [-0.05, 0) is 36.4 Å². The van der Waals surface area contributed by atoms with E-state index in [9.17, 15) is 8.78 Å². The van der Waals surface area contributed by atoms with E-state index >= 15 is 0 Å². The molecule has 0 aliphatic heterocycles. The Balaban J connectivity index is 1.79. The normalized spacial score (nSPS) is 10.5. The molecular formula is C16H10Cl2F2N4. The molecule has 0 bridgehead atoms. The lowest BCUT2D eigenvalue weighted by molar-refractivity contribution is 0.586. The average molecular weight is 367 g/mol. The van der Waals surface area contributed by atoms with Crippen LogP contribution in [0.1, 0.15) is 0 Å². The summed E-state index contributed by atoms with van der Waals surface area (Å²) in [6.07, 6.45) is 1.50. The van der Waals surface area contributed by atoms with Gasteiger partial charge in [-0.15, -0.1) is 0 Å². The Bertz CT molecular complexity index is 890. The minimum absolute atomic E-state index is 0.0723. The van der Waals surface area contributed by atoms with Gasteiger partial charge in [-0.25, -0.2) is 13.8 Å². The molecule has 0 amide bonds. The van der Waals surface area contributed by atoms with Gasteiger partial charge in [0.25, 0.3) is 0 Å². The van der Waals surface area contributed by atoms with Crippen LogP contribution in [0.4, 0.5) is 31.9 Å². The van der Waals surface area contributed by atoms with Gasteiger partial charge < -0.3 is 10.6 Å². The molecule has 0 unspecified atom stereocenters. The fourth-order valence-corrected chi connectivity index (χ4v) is 2.22. The summed E-state index contributed by atoms with van der Waals surface area (Å²) >= 11 is 11.8. The fraction of sp³-hybridized carbons (Fsp3) is 0. The standard InChI is InChI=1S/C16H10Cl2F2N4/c17-11-3-2-10(8-12(11)18)22-15-5-6-21-16(24-15)23-14-4-1-9(19)7-13(14)20/h1-8H,(H2,21,22,23,24). The molecule has 2 aromatic carbocycles. The Hall–Kier alpha value is -2.44. The van der Waals surface area contributed by atoms with Crippen molar-refractivity contribution in [1.29, 1.82) is 0 Å². The highest BCUT2D eigenvalue weighted by atomic mass is 35.5. The third-order valence-electron chi connectivity index (χ3n) is 3.03. The van der Waals surface area contributed by atoms with Gasteiger partial charge in [-0.1, -0.05) is 23.2 Å². The number of aromatic nitrogens is 2. The Morgan fingerprint density at radius 1 is 0.875 bits per heavy atom. The molecule has 0 saturated carbocycles. The summed E-state index contributed by atoms with van der Waals surface area (Å²) in [5.41, 5.74) is 0.755. The monoisotopic (exact) mass is 366 g/mol.